The topological polar surface area (TPSA) is 33.3 Å². The third kappa shape index (κ3) is 4.53. The Balaban J connectivity index is 2.01. The second-order valence-electron chi connectivity index (χ2n) is 7.98. The highest BCUT2D eigenvalue weighted by Gasteiger charge is 2.42. The van der Waals surface area contributed by atoms with Gasteiger partial charge in [0.25, 0.3) is 0 Å². The molecule has 29 heavy (non-hydrogen) atoms. The van der Waals surface area contributed by atoms with E-state index in [0.29, 0.717) is 23.8 Å². The summed E-state index contributed by atoms with van der Waals surface area (Å²) in [7, 11) is 4.05. The molecule has 0 aliphatic carbocycles. The van der Waals surface area contributed by atoms with E-state index in [-0.39, 0.29) is 11.5 Å². The van der Waals surface area contributed by atoms with Gasteiger partial charge in [-0.25, -0.2) is 4.39 Å². The van der Waals surface area contributed by atoms with Crippen LogP contribution in [-0.4, -0.2) is 25.2 Å². The molecule has 154 valence electrons. The lowest BCUT2D eigenvalue weighted by atomic mass is 9.77. The van der Waals surface area contributed by atoms with Crippen LogP contribution < -0.4 is 10.6 Å². The van der Waals surface area contributed by atoms with Gasteiger partial charge in [0.05, 0.1) is 19.3 Å². The van der Waals surface area contributed by atoms with E-state index in [9.17, 15) is 4.39 Å². The maximum atomic E-state index is 14.6. The predicted molar refractivity (Wildman–Crippen MR) is 127 cm³/mol. The van der Waals surface area contributed by atoms with Crippen molar-refractivity contribution in [1.29, 1.82) is 0 Å². The van der Waals surface area contributed by atoms with E-state index in [2.05, 4.69) is 45.5 Å². The van der Waals surface area contributed by atoms with Gasteiger partial charge in [-0.15, -0.1) is 0 Å². The van der Waals surface area contributed by atoms with Gasteiger partial charge in [-0.3, -0.25) is 0 Å². The first kappa shape index (κ1) is 21.9. The summed E-state index contributed by atoms with van der Waals surface area (Å²) in [5, 5.41) is 5.19. The Morgan fingerprint density at radius 3 is 2.48 bits per heavy atom. The standard InChI is InChI=1S/C23H28FN2OPS/c1-5-15-11-17(23(3,24)28)12-18(25-4)19(15)21(29)26-20(22(2)13-27-14-22)16-9-7-6-8-10-16/h5-12,20,25H,1,13-14,28H2,2-4H3,(H,26,29). The predicted octanol–water partition coefficient (Wildman–Crippen LogP) is 5.43. The summed E-state index contributed by atoms with van der Waals surface area (Å²) >= 11 is 5.84. The fourth-order valence-electron chi connectivity index (χ4n) is 3.66. The van der Waals surface area contributed by atoms with Crippen LogP contribution in [0.3, 0.4) is 0 Å². The molecule has 2 aromatic rings. The maximum absolute atomic E-state index is 14.6. The van der Waals surface area contributed by atoms with Crippen LogP contribution in [-0.2, 0) is 10.1 Å². The molecular formula is C23H28FN2OPS. The van der Waals surface area contributed by atoms with Crippen molar-refractivity contribution in [2.45, 2.75) is 25.3 Å². The Bertz CT molecular complexity index is 907. The molecule has 0 bridgehead atoms. The molecule has 0 saturated carbocycles. The molecule has 1 aliphatic heterocycles. The molecule has 0 radical (unpaired) electrons. The van der Waals surface area contributed by atoms with Crippen molar-refractivity contribution >= 4 is 38.2 Å². The lowest BCUT2D eigenvalue weighted by Gasteiger charge is -2.45. The highest BCUT2D eigenvalue weighted by molar-refractivity contribution is 7.80. The van der Waals surface area contributed by atoms with Crippen molar-refractivity contribution in [3.05, 3.63) is 71.3 Å². The normalized spacial score (nSPS) is 18.1. The van der Waals surface area contributed by atoms with Gasteiger partial charge in [0, 0.05) is 23.7 Å². The summed E-state index contributed by atoms with van der Waals surface area (Å²) in [6.45, 7) is 8.97. The first-order valence-electron chi connectivity index (χ1n) is 9.59. The Morgan fingerprint density at radius 2 is 2.00 bits per heavy atom. The first-order valence-corrected chi connectivity index (χ1v) is 10.6. The number of rotatable bonds is 7. The van der Waals surface area contributed by atoms with Crippen molar-refractivity contribution in [3.63, 3.8) is 0 Å². The second kappa shape index (κ2) is 8.51. The van der Waals surface area contributed by atoms with Crippen molar-refractivity contribution < 1.29 is 9.13 Å². The Labute approximate surface area is 180 Å². The number of hydrogen-bond donors (Lipinski definition) is 2. The molecule has 2 N–H and O–H groups in total. The zero-order chi connectivity index (χ0) is 21.2. The average Bonchev–Trinajstić information content (AvgIpc) is 2.68. The van der Waals surface area contributed by atoms with Crippen molar-refractivity contribution in [1.82, 2.24) is 5.32 Å². The molecule has 1 fully saturated rings. The van der Waals surface area contributed by atoms with Gasteiger partial charge in [0.1, 0.15) is 10.4 Å². The van der Waals surface area contributed by atoms with Crippen LogP contribution in [0, 0.1) is 5.41 Å². The largest absolute Gasteiger partial charge is 0.388 e. The van der Waals surface area contributed by atoms with Gasteiger partial charge in [-0.2, -0.15) is 0 Å². The van der Waals surface area contributed by atoms with Crippen molar-refractivity contribution in [2.24, 2.45) is 5.41 Å². The van der Waals surface area contributed by atoms with Gasteiger partial charge in [0.2, 0.25) is 0 Å². The molecule has 3 nitrogen and oxygen atoms in total. The minimum absolute atomic E-state index is 0.000157. The monoisotopic (exact) mass is 430 g/mol. The van der Waals surface area contributed by atoms with Crippen LogP contribution in [0.2, 0.25) is 0 Å². The summed E-state index contributed by atoms with van der Waals surface area (Å²) in [5.41, 5.74) is 4.02. The maximum Gasteiger partial charge on any atom is 0.145 e. The Hall–Kier alpha value is -1.81. The lowest BCUT2D eigenvalue weighted by molar-refractivity contribution is -0.119. The molecule has 6 heteroatoms. The molecular weight excluding hydrogens is 402 g/mol. The number of ether oxygens (including phenoxy) is 1. The van der Waals surface area contributed by atoms with Gasteiger partial charge >= 0.3 is 0 Å². The Morgan fingerprint density at radius 1 is 1.34 bits per heavy atom. The molecule has 3 rings (SSSR count). The van der Waals surface area contributed by atoms with Crippen LogP contribution in [0.4, 0.5) is 10.1 Å². The lowest BCUT2D eigenvalue weighted by Crippen LogP contribution is -2.51. The Kier molecular flexibility index (Phi) is 6.42. The minimum Gasteiger partial charge on any atom is -0.388 e. The summed E-state index contributed by atoms with van der Waals surface area (Å²) in [6, 6.07) is 13.9. The molecule has 3 atom stereocenters. The second-order valence-corrected chi connectivity index (χ2v) is 9.47. The number of halogens is 1. The van der Waals surface area contributed by atoms with Crippen LogP contribution in [0.25, 0.3) is 6.08 Å². The quantitative estimate of drug-likeness (QED) is 0.453. The molecule has 3 unspecified atom stereocenters. The molecule has 0 aromatic heterocycles. The van der Waals surface area contributed by atoms with Crippen LogP contribution in [0.1, 0.15) is 42.1 Å². The van der Waals surface area contributed by atoms with Crippen LogP contribution >= 0.6 is 21.5 Å². The number of anilines is 1. The number of nitrogens with one attached hydrogen (secondary N) is 2. The van der Waals surface area contributed by atoms with Gasteiger partial charge in [0.15, 0.2) is 0 Å². The summed E-state index contributed by atoms with van der Waals surface area (Å²) in [6.07, 6.45) is 1.72. The molecule has 0 amide bonds. The molecule has 2 aromatic carbocycles. The minimum atomic E-state index is -1.54. The van der Waals surface area contributed by atoms with E-state index < -0.39 is 5.41 Å². The third-order valence-corrected chi connectivity index (χ3v) is 6.07. The van der Waals surface area contributed by atoms with E-state index in [0.717, 1.165) is 22.4 Å². The summed E-state index contributed by atoms with van der Waals surface area (Å²) < 4.78 is 20.1. The van der Waals surface area contributed by atoms with Crippen LogP contribution in [0.5, 0.6) is 0 Å². The fourth-order valence-corrected chi connectivity index (χ4v) is 4.17. The molecule has 1 saturated heterocycles. The average molecular weight is 431 g/mol. The number of thiocarbonyl (C=S) groups is 1. The van der Waals surface area contributed by atoms with Crippen LogP contribution in [0.15, 0.2) is 49.0 Å². The number of benzene rings is 2. The van der Waals surface area contributed by atoms with E-state index in [4.69, 9.17) is 17.0 Å². The van der Waals surface area contributed by atoms with E-state index in [1.54, 1.807) is 18.2 Å². The zero-order valence-electron chi connectivity index (χ0n) is 17.1. The first-order chi connectivity index (χ1) is 13.7. The highest BCUT2D eigenvalue weighted by atomic mass is 32.1. The molecule has 1 aliphatic rings. The molecule has 0 spiro atoms. The van der Waals surface area contributed by atoms with Gasteiger partial charge < -0.3 is 15.4 Å². The van der Waals surface area contributed by atoms with E-state index >= 15 is 0 Å². The van der Waals surface area contributed by atoms with Crippen molar-refractivity contribution in [2.75, 3.05) is 25.6 Å². The highest BCUT2D eigenvalue weighted by Crippen LogP contribution is 2.41. The smallest absolute Gasteiger partial charge is 0.145 e. The van der Waals surface area contributed by atoms with Gasteiger partial charge in [-0.05, 0) is 35.7 Å². The fraction of sp³-hybridized carbons (Fsp3) is 0.348. The SMILES string of the molecule is C=Cc1cc(C(C)(F)P)cc(NC)c1C(=S)NC(c1ccccc1)C1(C)COC1. The number of hydrogen-bond acceptors (Lipinski definition) is 3. The molecule has 1 heterocycles. The zero-order valence-corrected chi connectivity index (χ0v) is 19.1. The van der Waals surface area contributed by atoms with Crippen molar-refractivity contribution in [3.8, 4) is 0 Å². The summed E-state index contributed by atoms with van der Waals surface area (Å²) in [5.74, 6) is 0. The van der Waals surface area contributed by atoms with E-state index in [1.807, 2.05) is 25.2 Å². The summed E-state index contributed by atoms with van der Waals surface area (Å²) in [4.78, 5) is 0.599. The third-order valence-electron chi connectivity index (χ3n) is 5.42. The number of alkyl halides is 1. The van der Waals surface area contributed by atoms with E-state index in [1.165, 1.54) is 6.92 Å². The van der Waals surface area contributed by atoms with Gasteiger partial charge in [-0.1, -0.05) is 71.4 Å².